The monoisotopic (exact) mass is 502 g/mol. The van der Waals surface area contributed by atoms with Crippen molar-refractivity contribution in [3.05, 3.63) is 94.5 Å². The van der Waals surface area contributed by atoms with Crippen LogP contribution in [0.3, 0.4) is 0 Å². The molecule has 2 atom stereocenters. The van der Waals surface area contributed by atoms with Crippen molar-refractivity contribution >= 4 is 29.1 Å². The molecular formula is C26H22ClF3N2O3. The van der Waals surface area contributed by atoms with Gasteiger partial charge in [-0.05, 0) is 54.4 Å². The lowest BCUT2D eigenvalue weighted by Crippen LogP contribution is -2.44. The van der Waals surface area contributed by atoms with Crippen molar-refractivity contribution in [3.8, 4) is 5.75 Å². The Morgan fingerprint density at radius 2 is 1.80 bits per heavy atom. The number of para-hydroxylation sites is 1. The molecule has 5 nitrogen and oxygen atoms in total. The number of hydrogen-bond donors (Lipinski definition) is 1. The maximum absolute atomic E-state index is 13.6. The van der Waals surface area contributed by atoms with Crippen LogP contribution in [0.4, 0.5) is 18.9 Å². The van der Waals surface area contributed by atoms with E-state index in [2.05, 4.69) is 5.32 Å². The van der Waals surface area contributed by atoms with Gasteiger partial charge in [0.05, 0.1) is 5.56 Å². The summed E-state index contributed by atoms with van der Waals surface area (Å²) in [5.74, 6) is -0.736. The molecule has 0 aromatic heterocycles. The topological polar surface area (TPSA) is 58.6 Å². The normalized spacial score (nSPS) is 17.9. The number of halogens is 4. The van der Waals surface area contributed by atoms with Crippen LogP contribution in [0.1, 0.15) is 36.1 Å². The van der Waals surface area contributed by atoms with Gasteiger partial charge < -0.3 is 15.0 Å². The lowest BCUT2D eigenvalue weighted by molar-refractivity contribution is -0.144. The zero-order valence-electron chi connectivity index (χ0n) is 18.7. The molecule has 4 rings (SSSR count). The SMILES string of the molecule is CCC1Oc2ccc(Cl)cc2C(C(=O)Nc2ccccc2)N(Cc2cccc(C(F)(F)F)c2)C1=O. The van der Waals surface area contributed by atoms with E-state index in [9.17, 15) is 22.8 Å². The van der Waals surface area contributed by atoms with Gasteiger partial charge in [0.2, 0.25) is 0 Å². The summed E-state index contributed by atoms with van der Waals surface area (Å²) in [5.41, 5.74) is 0.243. The first-order chi connectivity index (χ1) is 16.7. The van der Waals surface area contributed by atoms with E-state index in [1.165, 1.54) is 23.1 Å². The molecule has 35 heavy (non-hydrogen) atoms. The van der Waals surface area contributed by atoms with Gasteiger partial charge in [0, 0.05) is 22.8 Å². The van der Waals surface area contributed by atoms with Gasteiger partial charge in [0.25, 0.3) is 11.8 Å². The fraction of sp³-hybridized carbons (Fsp3) is 0.231. The van der Waals surface area contributed by atoms with E-state index < -0.39 is 35.7 Å². The molecule has 3 aromatic rings. The molecule has 1 aliphatic rings. The van der Waals surface area contributed by atoms with Crippen molar-refractivity contribution in [1.29, 1.82) is 0 Å². The van der Waals surface area contributed by atoms with E-state index in [4.69, 9.17) is 16.3 Å². The first-order valence-electron chi connectivity index (χ1n) is 11.0. The van der Waals surface area contributed by atoms with Crippen LogP contribution in [0.15, 0.2) is 72.8 Å². The van der Waals surface area contributed by atoms with Gasteiger partial charge in [-0.1, -0.05) is 48.9 Å². The summed E-state index contributed by atoms with van der Waals surface area (Å²) in [6, 6.07) is 16.9. The first-order valence-corrected chi connectivity index (χ1v) is 11.3. The van der Waals surface area contributed by atoms with Crippen LogP contribution in [0.5, 0.6) is 5.75 Å². The summed E-state index contributed by atoms with van der Waals surface area (Å²) in [4.78, 5) is 28.4. The van der Waals surface area contributed by atoms with Crippen LogP contribution in [0, 0.1) is 0 Å². The number of hydrogen-bond acceptors (Lipinski definition) is 3. The van der Waals surface area contributed by atoms with Crippen LogP contribution in [-0.4, -0.2) is 22.8 Å². The molecule has 0 saturated heterocycles. The van der Waals surface area contributed by atoms with Crippen molar-refractivity contribution in [2.24, 2.45) is 0 Å². The lowest BCUT2D eigenvalue weighted by atomic mass is 10.0. The molecule has 0 aliphatic carbocycles. The second-order valence-electron chi connectivity index (χ2n) is 8.12. The number of nitrogens with one attached hydrogen (secondary N) is 1. The number of benzene rings is 3. The van der Waals surface area contributed by atoms with Crippen LogP contribution >= 0.6 is 11.6 Å². The van der Waals surface area contributed by atoms with Crippen LogP contribution < -0.4 is 10.1 Å². The van der Waals surface area contributed by atoms with Crippen molar-refractivity contribution < 1.29 is 27.5 Å². The van der Waals surface area contributed by atoms with Gasteiger partial charge in [-0.3, -0.25) is 9.59 Å². The molecule has 3 aromatic carbocycles. The van der Waals surface area contributed by atoms with E-state index >= 15 is 0 Å². The molecule has 9 heteroatoms. The molecule has 2 unspecified atom stereocenters. The van der Waals surface area contributed by atoms with Crippen LogP contribution in [-0.2, 0) is 22.3 Å². The minimum atomic E-state index is -4.54. The van der Waals surface area contributed by atoms with Crippen molar-refractivity contribution in [2.75, 3.05) is 5.32 Å². The number of amides is 2. The van der Waals surface area contributed by atoms with Gasteiger partial charge in [-0.15, -0.1) is 0 Å². The minimum Gasteiger partial charge on any atom is -0.480 e. The molecule has 182 valence electrons. The number of alkyl halides is 3. The zero-order valence-corrected chi connectivity index (χ0v) is 19.4. The molecule has 0 fully saturated rings. The van der Waals surface area contributed by atoms with E-state index in [0.717, 1.165) is 12.1 Å². The highest BCUT2D eigenvalue weighted by atomic mass is 35.5. The number of anilines is 1. The molecule has 1 aliphatic heterocycles. The number of rotatable bonds is 5. The smallest absolute Gasteiger partial charge is 0.416 e. The van der Waals surface area contributed by atoms with Crippen LogP contribution in [0.25, 0.3) is 0 Å². The van der Waals surface area contributed by atoms with E-state index in [-0.39, 0.29) is 12.1 Å². The van der Waals surface area contributed by atoms with Crippen molar-refractivity contribution in [3.63, 3.8) is 0 Å². The van der Waals surface area contributed by atoms with Crippen LogP contribution in [0.2, 0.25) is 5.02 Å². The van der Waals surface area contributed by atoms with Gasteiger partial charge >= 0.3 is 6.18 Å². The number of ether oxygens (including phenoxy) is 1. The van der Waals surface area contributed by atoms with Gasteiger partial charge in [-0.25, -0.2) is 0 Å². The summed E-state index contributed by atoms with van der Waals surface area (Å²) in [6.45, 7) is 1.52. The Kier molecular flexibility index (Phi) is 7.03. The highest BCUT2D eigenvalue weighted by Gasteiger charge is 2.41. The van der Waals surface area contributed by atoms with Gasteiger partial charge in [-0.2, -0.15) is 13.2 Å². The molecule has 0 saturated carbocycles. The molecule has 2 amide bonds. The average Bonchev–Trinajstić information content (AvgIpc) is 2.93. The molecular weight excluding hydrogens is 481 g/mol. The maximum Gasteiger partial charge on any atom is 0.416 e. The predicted octanol–water partition coefficient (Wildman–Crippen LogP) is 6.24. The standard InChI is InChI=1S/C26H22ClF3N2O3/c1-2-21-25(34)32(15-16-7-6-8-17(13-16)26(28,29)30)23(20-14-18(27)11-12-22(20)35-21)24(33)31-19-9-4-3-5-10-19/h3-14,21,23H,2,15H2,1H3,(H,31,33). The summed E-state index contributed by atoms with van der Waals surface area (Å²) < 4.78 is 45.9. The highest BCUT2D eigenvalue weighted by Crippen LogP contribution is 2.38. The third-order valence-corrected chi connectivity index (χ3v) is 5.91. The fourth-order valence-corrected chi connectivity index (χ4v) is 4.19. The quantitative estimate of drug-likeness (QED) is 0.449. The van der Waals surface area contributed by atoms with Crippen molar-refractivity contribution in [1.82, 2.24) is 4.90 Å². The highest BCUT2D eigenvalue weighted by molar-refractivity contribution is 6.30. The molecule has 0 radical (unpaired) electrons. The van der Waals surface area contributed by atoms with Crippen molar-refractivity contribution in [2.45, 2.75) is 38.2 Å². The number of nitrogens with zero attached hydrogens (tertiary/aromatic N) is 1. The van der Waals surface area contributed by atoms with Gasteiger partial charge in [0.15, 0.2) is 6.10 Å². The number of carbonyl (C=O) groups excluding carboxylic acids is 2. The predicted molar refractivity (Wildman–Crippen MR) is 126 cm³/mol. The second-order valence-corrected chi connectivity index (χ2v) is 8.56. The Labute approximate surface area is 205 Å². The van der Waals surface area contributed by atoms with E-state index in [1.807, 2.05) is 0 Å². The van der Waals surface area contributed by atoms with E-state index in [0.29, 0.717) is 28.4 Å². The first kappa shape index (κ1) is 24.6. The second kappa shape index (κ2) is 10.00. The summed E-state index contributed by atoms with van der Waals surface area (Å²) >= 11 is 6.23. The summed E-state index contributed by atoms with van der Waals surface area (Å²) in [7, 11) is 0. The van der Waals surface area contributed by atoms with E-state index in [1.54, 1.807) is 49.4 Å². The minimum absolute atomic E-state index is 0.228. The molecule has 1 heterocycles. The Morgan fingerprint density at radius 1 is 1.06 bits per heavy atom. The largest absolute Gasteiger partial charge is 0.480 e. The number of fused-ring (bicyclic) bond motifs is 1. The Morgan fingerprint density at radius 3 is 2.49 bits per heavy atom. The van der Waals surface area contributed by atoms with Gasteiger partial charge in [0.1, 0.15) is 11.8 Å². The third kappa shape index (κ3) is 5.43. The Bertz CT molecular complexity index is 1230. The maximum atomic E-state index is 13.6. The Hall–Kier alpha value is -3.52. The molecule has 0 spiro atoms. The Balaban J connectivity index is 1.81. The number of carbonyl (C=O) groups is 2. The summed E-state index contributed by atoms with van der Waals surface area (Å²) in [5, 5.41) is 3.12. The molecule has 1 N–H and O–H groups in total. The lowest BCUT2D eigenvalue weighted by Gasteiger charge is -2.31. The fourth-order valence-electron chi connectivity index (χ4n) is 4.01. The molecule has 0 bridgehead atoms. The average molecular weight is 503 g/mol. The summed E-state index contributed by atoms with van der Waals surface area (Å²) in [6.07, 6.45) is -5.17. The zero-order chi connectivity index (χ0) is 25.2. The third-order valence-electron chi connectivity index (χ3n) is 5.67.